The summed E-state index contributed by atoms with van der Waals surface area (Å²) in [7, 11) is 1.90. The van der Waals surface area contributed by atoms with Gasteiger partial charge in [-0.2, -0.15) is 5.10 Å². The van der Waals surface area contributed by atoms with E-state index in [9.17, 15) is 14.4 Å². The molecule has 1 fully saturated rings. The average Bonchev–Trinajstić information content (AvgIpc) is 3.39. The number of primary amides is 1. The van der Waals surface area contributed by atoms with E-state index in [1.165, 1.54) is 0 Å². The van der Waals surface area contributed by atoms with E-state index in [0.717, 1.165) is 53.5 Å². The molecule has 2 aromatic carbocycles. The van der Waals surface area contributed by atoms with Crippen LogP contribution in [0.5, 0.6) is 0 Å². The Morgan fingerprint density at radius 1 is 1.19 bits per heavy atom. The number of aromatic nitrogens is 2. The summed E-state index contributed by atoms with van der Waals surface area (Å²) in [5, 5.41) is 11.7. The van der Waals surface area contributed by atoms with Gasteiger partial charge in [0.15, 0.2) is 0 Å². The second-order valence-corrected chi connectivity index (χ2v) is 10.5. The molecule has 3 amide bonds. The van der Waals surface area contributed by atoms with Crippen molar-refractivity contribution in [1.82, 2.24) is 20.0 Å². The number of benzene rings is 2. The fourth-order valence-corrected chi connectivity index (χ4v) is 5.17. The van der Waals surface area contributed by atoms with Gasteiger partial charge in [-0.25, -0.2) is 0 Å². The van der Waals surface area contributed by atoms with Gasteiger partial charge in [0.05, 0.1) is 28.4 Å². The zero-order chi connectivity index (χ0) is 25.6. The van der Waals surface area contributed by atoms with Gasteiger partial charge in [0.25, 0.3) is 5.91 Å². The van der Waals surface area contributed by atoms with E-state index in [0.29, 0.717) is 17.8 Å². The third-order valence-corrected chi connectivity index (χ3v) is 7.44. The number of carbonyl (C=O) groups excluding carboxylic acids is 3. The molecule has 5 rings (SSSR count). The highest BCUT2D eigenvalue weighted by Crippen LogP contribution is 2.39. The quantitative estimate of drug-likeness (QED) is 0.492. The molecular formula is C27H32N6O3. The lowest BCUT2D eigenvalue weighted by Gasteiger charge is -2.27. The molecule has 188 valence electrons. The van der Waals surface area contributed by atoms with E-state index >= 15 is 0 Å². The van der Waals surface area contributed by atoms with Crippen LogP contribution in [0.1, 0.15) is 42.6 Å². The van der Waals surface area contributed by atoms with E-state index in [2.05, 4.69) is 21.8 Å². The lowest BCUT2D eigenvalue weighted by atomic mass is 9.92. The summed E-state index contributed by atoms with van der Waals surface area (Å²) >= 11 is 0. The number of nitrogens with zero attached hydrogens (tertiary/aromatic N) is 3. The molecule has 0 aliphatic carbocycles. The van der Waals surface area contributed by atoms with Crippen molar-refractivity contribution in [1.29, 1.82) is 0 Å². The molecule has 36 heavy (non-hydrogen) atoms. The number of amides is 3. The molecule has 0 spiro atoms. The first-order valence-electron chi connectivity index (χ1n) is 12.3. The lowest BCUT2D eigenvalue weighted by Crippen LogP contribution is -2.42. The Balaban J connectivity index is 1.56. The number of hydrogen-bond donors (Lipinski definition) is 3. The van der Waals surface area contributed by atoms with Crippen molar-refractivity contribution in [2.75, 3.05) is 25.0 Å². The number of rotatable bonds is 6. The summed E-state index contributed by atoms with van der Waals surface area (Å²) in [5.41, 5.74) is 9.43. The molecule has 4 N–H and O–H groups in total. The number of nitrogens with two attached hydrogens (primary N) is 1. The highest BCUT2D eigenvalue weighted by molar-refractivity contribution is 6.09. The van der Waals surface area contributed by atoms with Crippen molar-refractivity contribution < 1.29 is 14.4 Å². The van der Waals surface area contributed by atoms with Gasteiger partial charge in [-0.1, -0.05) is 18.2 Å². The van der Waals surface area contributed by atoms with Gasteiger partial charge < -0.3 is 21.3 Å². The maximum atomic E-state index is 13.7. The minimum Gasteiger partial charge on any atom is -0.369 e. The molecular weight excluding hydrogens is 456 g/mol. The second-order valence-electron chi connectivity index (χ2n) is 10.5. The highest BCUT2D eigenvalue weighted by Gasteiger charge is 2.38. The van der Waals surface area contributed by atoms with Crippen molar-refractivity contribution in [2.45, 2.75) is 33.2 Å². The smallest absolute Gasteiger partial charge is 0.256 e. The second kappa shape index (κ2) is 9.05. The highest BCUT2D eigenvalue weighted by atomic mass is 16.2. The topological polar surface area (TPSA) is 122 Å². The molecule has 1 saturated heterocycles. The first-order chi connectivity index (χ1) is 17.2. The van der Waals surface area contributed by atoms with E-state index in [1.54, 1.807) is 18.7 Å². The maximum absolute atomic E-state index is 13.7. The molecule has 9 nitrogen and oxygen atoms in total. The molecule has 0 atom stereocenters. The van der Waals surface area contributed by atoms with Gasteiger partial charge in [-0.05, 0) is 68.6 Å². The first kappa shape index (κ1) is 24.0. The summed E-state index contributed by atoms with van der Waals surface area (Å²) in [6.45, 7) is 5.62. The van der Waals surface area contributed by atoms with Crippen LogP contribution >= 0.6 is 0 Å². The van der Waals surface area contributed by atoms with Crippen LogP contribution in [-0.2, 0) is 23.2 Å². The Kier molecular flexibility index (Phi) is 6.04. The Hall–Kier alpha value is -3.72. The monoisotopic (exact) mass is 488 g/mol. The summed E-state index contributed by atoms with van der Waals surface area (Å²) < 4.78 is 1.82. The molecule has 0 unspecified atom stereocenters. The van der Waals surface area contributed by atoms with Crippen LogP contribution in [-0.4, -0.2) is 52.0 Å². The number of hydrogen-bond acceptors (Lipinski definition) is 5. The number of anilines is 1. The van der Waals surface area contributed by atoms with E-state index in [4.69, 9.17) is 5.73 Å². The van der Waals surface area contributed by atoms with Crippen molar-refractivity contribution in [3.05, 3.63) is 47.7 Å². The summed E-state index contributed by atoms with van der Waals surface area (Å²) in [6.07, 6.45) is 3.35. The van der Waals surface area contributed by atoms with E-state index < -0.39 is 11.3 Å². The Morgan fingerprint density at radius 2 is 1.94 bits per heavy atom. The van der Waals surface area contributed by atoms with Gasteiger partial charge in [-0.15, -0.1) is 0 Å². The summed E-state index contributed by atoms with van der Waals surface area (Å²) in [5.74, 6) is -0.822. The molecule has 1 aromatic heterocycles. The number of nitrogens with one attached hydrogen (secondary N) is 2. The van der Waals surface area contributed by atoms with Crippen LogP contribution in [0.25, 0.3) is 22.0 Å². The third kappa shape index (κ3) is 4.24. The van der Waals surface area contributed by atoms with Crippen LogP contribution in [0.15, 0.2) is 36.5 Å². The van der Waals surface area contributed by atoms with Crippen LogP contribution in [0.4, 0.5) is 5.69 Å². The van der Waals surface area contributed by atoms with Crippen molar-refractivity contribution in [3.63, 3.8) is 0 Å². The summed E-state index contributed by atoms with van der Waals surface area (Å²) in [4.78, 5) is 40.4. The van der Waals surface area contributed by atoms with Crippen LogP contribution in [0, 0.1) is 11.3 Å². The van der Waals surface area contributed by atoms with Gasteiger partial charge in [0.2, 0.25) is 11.8 Å². The SMILES string of the molecule is Cn1ncc2ccc(-c3ccc(NC(=O)C4CCNCC4)c4c3CN(CC(C)(C)C(N)=O)C4=O)cc21. The van der Waals surface area contributed by atoms with Crippen LogP contribution < -0.4 is 16.4 Å². The summed E-state index contributed by atoms with van der Waals surface area (Å²) in [6, 6.07) is 9.88. The van der Waals surface area contributed by atoms with E-state index in [1.807, 2.05) is 42.2 Å². The fourth-order valence-electron chi connectivity index (χ4n) is 5.17. The number of piperidine rings is 1. The lowest BCUT2D eigenvalue weighted by molar-refractivity contribution is -0.126. The molecule has 3 aromatic rings. The van der Waals surface area contributed by atoms with Crippen molar-refractivity contribution in [3.8, 4) is 11.1 Å². The number of aryl methyl sites for hydroxylation is 1. The largest absolute Gasteiger partial charge is 0.369 e. The van der Waals surface area contributed by atoms with Crippen LogP contribution in [0.2, 0.25) is 0 Å². The minimum atomic E-state index is -0.885. The van der Waals surface area contributed by atoms with Gasteiger partial charge in [-0.3, -0.25) is 19.1 Å². The predicted octanol–water partition coefficient (Wildman–Crippen LogP) is 2.65. The van der Waals surface area contributed by atoms with Gasteiger partial charge in [0.1, 0.15) is 0 Å². The van der Waals surface area contributed by atoms with E-state index in [-0.39, 0.29) is 24.3 Å². The standard InChI is InChI=1S/C27H32N6O3/c1-27(2,26(28)36)15-33-14-20-19(17-4-5-18-13-30-32(3)22(18)12-17)6-7-21(23(20)25(33)35)31-24(34)16-8-10-29-11-9-16/h4-7,12-13,16,29H,8-11,14-15H2,1-3H3,(H2,28,36)(H,31,34). The van der Waals surface area contributed by atoms with Gasteiger partial charge >= 0.3 is 0 Å². The molecule has 2 aliphatic heterocycles. The maximum Gasteiger partial charge on any atom is 0.256 e. The molecule has 3 heterocycles. The minimum absolute atomic E-state index is 0.0635. The van der Waals surface area contributed by atoms with Crippen molar-refractivity contribution in [2.24, 2.45) is 24.1 Å². The Labute approximate surface area is 210 Å². The molecule has 0 bridgehead atoms. The first-order valence-corrected chi connectivity index (χ1v) is 12.3. The number of fused-ring (bicyclic) bond motifs is 2. The Bertz CT molecular complexity index is 1370. The normalized spacial score (nSPS) is 16.4. The fraction of sp³-hybridized carbons (Fsp3) is 0.407. The Morgan fingerprint density at radius 3 is 2.67 bits per heavy atom. The zero-order valence-corrected chi connectivity index (χ0v) is 20.9. The molecule has 0 saturated carbocycles. The molecule has 9 heteroatoms. The molecule has 0 radical (unpaired) electrons. The third-order valence-electron chi connectivity index (χ3n) is 7.44. The van der Waals surface area contributed by atoms with Crippen molar-refractivity contribution >= 4 is 34.3 Å². The molecule has 2 aliphatic rings. The van der Waals surface area contributed by atoms with Crippen LogP contribution in [0.3, 0.4) is 0 Å². The average molecular weight is 489 g/mol. The van der Waals surface area contributed by atoms with Gasteiger partial charge in [0, 0.05) is 31.4 Å². The predicted molar refractivity (Wildman–Crippen MR) is 138 cm³/mol. The zero-order valence-electron chi connectivity index (χ0n) is 20.9. The number of carbonyl (C=O) groups is 3.